The van der Waals surface area contributed by atoms with E-state index in [-0.39, 0.29) is 5.91 Å². The Hall–Kier alpha value is -2.23. The first-order valence-corrected chi connectivity index (χ1v) is 8.47. The number of aromatic amines is 1. The molecule has 0 saturated heterocycles. The van der Waals surface area contributed by atoms with Gasteiger partial charge in [-0.05, 0) is 48.8 Å². The van der Waals surface area contributed by atoms with Crippen LogP contribution in [0.25, 0.3) is 0 Å². The maximum atomic E-state index is 12.5. The van der Waals surface area contributed by atoms with Gasteiger partial charge >= 0.3 is 0 Å². The van der Waals surface area contributed by atoms with Crippen LogP contribution < -0.4 is 10.2 Å². The van der Waals surface area contributed by atoms with Crippen LogP contribution in [0.2, 0.25) is 0 Å². The topological polar surface area (TPSA) is 48.1 Å². The first-order chi connectivity index (χ1) is 11.2. The van der Waals surface area contributed by atoms with E-state index in [1.165, 1.54) is 24.1 Å². The molecule has 4 rings (SSSR count). The van der Waals surface area contributed by atoms with Crippen molar-refractivity contribution in [3.8, 4) is 0 Å². The average molecular weight is 309 g/mol. The molecule has 2 aromatic rings. The Bertz CT molecular complexity index is 717. The highest BCUT2D eigenvalue weighted by molar-refractivity contribution is 5.95. The highest BCUT2D eigenvalue weighted by atomic mass is 16.1. The summed E-state index contributed by atoms with van der Waals surface area (Å²) in [6, 6.07) is 10.5. The summed E-state index contributed by atoms with van der Waals surface area (Å²) in [5, 5.41) is 3.14. The summed E-state index contributed by atoms with van der Waals surface area (Å²) in [5.41, 5.74) is 4.64. The number of carbonyl (C=O) groups excluding carboxylic acids is 1. The maximum Gasteiger partial charge on any atom is 0.253 e. The van der Waals surface area contributed by atoms with Crippen LogP contribution in [0.4, 0.5) is 5.69 Å². The normalized spacial score (nSPS) is 20.2. The fourth-order valence-corrected chi connectivity index (χ4v) is 3.68. The summed E-state index contributed by atoms with van der Waals surface area (Å²) in [5.74, 6) is 1.09. The Labute approximate surface area is 136 Å². The van der Waals surface area contributed by atoms with Crippen molar-refractivity contribution in [3.05, 3.63) is 53.3 Å². The molecule has 120 valence electrons. The molecule has 1 aromatic heterocycles. The number of anilines is 1. The summed E-state index contributed by atoms with van der Waals surface area (Å²) in [4.78, 5) is 18.0. The SMILES string of the molecule is CN1CC(CNC(=O)c2cc[nH]c2C2CC2)Cc2ccccc21. The lowest BCUT2D eigenvalue weighted by Gasteiger charge is -2.33. The molecular formula is C19H23N3O. The predicted octanol–water partition coefficient (Wildman–Crippen LogP) is 2.93. The molecule has 1 aliphatic heterocycles. The fraction of sp³-hybridized carbons (Fsp3) is 0.421. The van der Waals surface area contributed by atoms with Gasteiger partial charge in [-0.15, -0.1) is 0 Å². The molecule has 0 spiro atoms. The highest BCUT2D eigenvalue weighted by Gasteiger charge is 2.29. The Kier molecular flexibility index (Phi) is 3.60. The molecule has 1 fully saturated rings. The Morgan fingerprint density at radius 1 is 1.30 bits per heavy atom. The lowest BCUT2D eigenvalue weighted by atomic mass is 9.92. The number of rotatable bonds is 4. The number of nitrogens with one attached hydrogen (secondary N) is 2. The zero-order valence-corrected chi connectivity index (χ0v) is 13.5. The molecule has 1 unspecified atom stereocenters. The molecule has 2 heterocycles. The van der Waals surface area contributed by atoms with Crippen LogP contribution in [0.3, 0.4) is 0 Å². The van der Waals surface area contributed by atoms with Crippen molar-refractivity contribution in [2.24, 2.45) is 5.92 Å². The van der Waals surface area contributed by atoms with E-state index in [4.69, 9.17) is 0 Å². The van der Waals surface area contributed by atoms with E-state index < -0.39 is 0 Å². The predicted molar refractivity (Wildman–Crippen MR) is 92.0 cm³/mol. The number of carbonyl (C=O) groups is 1. The number of hydrogen-bond donors (Lipinski definition) is 2. The summed E-state index contributed by atoms with van der Waals surface area (Å²) in [7, 11) is 2.13. The van der Waals surface area contributed by atoms with Gasteiger partial charge in [-0.25, -0.2) is 0 Å². The smallest absolute Gasteiger partial charge is 0.253 e. The fourth-order valence-electron chi connectivity index (χ4n) is 3.68. The second-order valence-corrected chi connectivity index (χ2v) is 6.87. The quantitative estimate of drug-likeness (QED) is 0.912. The highest BCUT2D eigenvalue weighted by Crippen LogP contribution is 2.40. The van der Waals surface area contributed by atoms with Crippen molar-refractivity contribution in [2.45, 2.75) is 25.2 Å². The van der Waals surface area contributed by atoms with Gasteiger partial charge in [-0.1, -0.05) is 18.2 Å². The van der Waals surface area contributed by atoms with Crippen LogP contribution in [0.5, 0.6) is 0 Å². The molecule has 1 aliphatic carbocycles. The minimum absolute atomic E-state index is 0.0645. The van der Waals surface area contributed by atoms with Crippen LogP contribution in [-0.2, 0) is 6.42 Å². The molecule has 0 radical (unpaired) electrons. The third kappa shape index (κ3) is 2.85. The molecule has 2 N–H and O–H groups in total. The molecule has 23 heavy (non-hydrogen) atoms. The molecule has 0 bridgehead atoms. The van der Waals surface area contributed by atoms with E-state index >= 15 is 0 Å². The second kappa shape index (κ2) is 5.76. The monoisotopic (exact) mass is 309 g/mol. The Morgan fingerprint density at radius 2 is 2.13 bits per heavy atom. The van der Waals surface area contributed by atoms with Crippen molar-refractivity contribution in [1.29, 1.82) is 0 Å². The van der Waals surface area contributed by atoms with E-state index in [0.717, 1.165) is 30.8 Å². The van der Waals surface area contributed by atoms with Crippen molar-refractivity contribution < 1.29 is 4.79 Å². The van der Waals surface area contributed by atoms with Crippen LogP contribution in [0, 0.1) is 5.92 Å². The third-order valence-electron chi connectivity index (χ3n) is 5.00. The maximum absolute atomic E-state index is 12.5. The van der Waals surface area contributed by atoms with Gasteiger partial charge in [-0.3, -0.25) is 4.79 Å². The number of para-hydroxylation sites is 1. The number of amides is 1. The van der Waals surface area contributed by atoms with Crippen LogP contribution in [0.1, 0.15) is 40.4 Å². The largest absolute Gasteiger partial charge is 0.374 e. The van der Waals surface area contributed by atoms with Gasteiger partial charge in [0.1, 0.15) is 0 Å². The first-order valence-electron chi connectivity index (χ1n) is 8.47. The van der Waals surface area contributed by atoms with E-state index in [1.807, 2.05) is 12.3 Å². The zero-order chi connectivity index (χ0) is 15.8. The Morgan fingerprint density at radius 3 is 2.96 bits per heavy atom. The van der Waals surface area contributed by atoms with Crippen LogP contribution >= 0.6 is 0 Å². The zero-order valence-electron chi connectivity index (χ0n) is 13.5. The second-order valence-electron chi connectivity index (χ2n) is 6.87. The molecule has 2 aliphatic rings. The number of hydrogen-bond acceptors (Lipinski definition) is 2. The Balaban J connectivity index is 1.40. The third-order valence-corrected chi connectivity index (χ3v) is 5.00. The van der Waals surface area contributed by atoms with Crippen molar-refractivity contribution in [3.63, 3.8) is 0 Å². The van der Waals surface area contributed by atoms with E-state index in [2.05, 4.69) is 46.5 Å². The molecule has 1 aromatic carbocycles. The number of fused-ring (bicyclic) bond motifs is 1. The molecule has 4 nitrogen and oxygen atoms in total. The summed E-state index contributed by atoms with van der Waals surface area (Å²) in [6.45, 7) is 1.71. The minimum Gasteiger partial charge on any atom is -0.374 e. The molecular weight excluding hydrogens is 286 g/mol. The van der Waals surface area contributed by atoms with Gasteiger partial charge in [0, 0.05) is 37.7 Å². The van der Waals surface area contributed by atoms with Crippen molar-refractivity contribution in [1.82, 2.24) is 10.3 Å². The van der Waals surface area contributed by atoms with Gasteiger partial charge in [0.2, 0.25) is 0 Å². The van der Waals surface area contributed by atoms with Crippen molar-refractivity contribution in [2.75, 3.05) is 25.0 Å². The van der Waals surface area contributed by atoms with Crippen LogP contribution in [-0.4, -0.2) is 31.0 Å². The van der Waals surface area contributed by atoms with Gasteiger partial charge in [0.15, 0.2) is 0 Å². The number of benzene rings is 1. The van der Waals surface area contributed by atoms with Gasteiger partial charge in [0.25, 0.3) is 5.91 Å². The van der Waals surface area contributed by atoms with E-state index in [0.29, 0.717) is 11.8 Å². The molecule has 1 saturated carbocycles. The van der Waals surface area contributed by atoms with Crippen LogP contribution in [0.15, 0.2) is 36.5 Å². The van der Waals surface area contributed by atoms with Crippen molar-refractivity contribution >= 4 is 11.6 Å². The lowest BCUT2D eigenvalue weighted by molar-refractivity contribution is 0.0946. The number of H-pyrrole nitrogens is 1. The van der Waals surface area contributed by atoms with Gasteiger partial charge in [0.05, 0.1) is 5.56 Å². The summed E-state index contributed by atoms with van der Waals surface area (Å²) >= 11 is 0. The van der Waals surface area contributed by atoms with Gasteiger partial charge < -0.3 is 15.2 Å². The number of nitrogens with zero attached hydrogens (tertiary/aromatic N) is 1. The summed E-state index contributed by atoms with van der Waals surface area (Å²) in [6.07, 6.45) is 5.31. The average Bonchev–Trinajstić information content (AvgIpc) is 3.29. The van der Waals surface area contributed by atoms with E-state index in [9.17, 15) is 4.79 Å². The molecule has 1 atom stereocenters. The standard InChI is InChI=1S/C19H23N3O/c1-22-12-13(10-15-4-2-3-5-17(15)22)11-21-19(23)16-8-9-20-18(16)14-6-7-14/h2-5,8-9,13-14,20H,6-7,10-12H2,1H3,(H,21,23). The summed E-state index contributed by atoms with van der Waals surface area (Å²) < 4.78 is 0. The lowest BCUT2D eigenvalue weighted by Crippen LogP contribution is -2.39. The number of aromatic nitrogens is 1. The molecule has 4 heteroatoms. The minimum atomic E-state index is 0.0645. The van der Waals surface area contributed by atoms with Gasteiger partial charge in [-0.2, -0.15) is 0 Å². The van der Waals surface area contributed by atoms with E-state index in [1.54, 1.807) is 0 Å². The molecule has 1 amide bonds. The first kappa shape index (κ1) is 14.4.